The van der Waals surface area contributed by atoms with Gasteiger partial charge in [0.15, 0.2) is 0 Å². The van der Waals surface area contributed by atoms with E-state index in [1.807, 2.05) is 11.2 Å². The molecule has 4 rings (SSSR count). The van der Waals surface area contributed by atoms with Gasteiger partial charge in [-0.25, -0.2) is 4.98 Å². The van der Waals surface area contributed by atoms with Gasteiger partial charge in [0.1, 0.15) is 5.75 Å². The van der Waals surface area contributed by atoms with Crippen LogP contribution in [-0.4, -0.2) is 58.5 Å². The van der Waals surface area contributed by atoms with Gasteiger partial charge in [0.2, 0.25) is 0 Å². The SMILES string of the molecule is COc1ccc(Cl)cc1C(=O)N1CCC(C2c3nc[nH]c3CCN2C(C)C)CC1. The van der Waals surface area contributed by atoms with E-state index in [0.717, 1.165) is 38.9 Å². The average molecular weight is 417 g/mol. The minimum atomic E-state index is -0.00683. The van der Waals surface area contributed by atoms with Gasteiger partial charge in [-0.15, -0.1) is 0 Å². The summed E-state index contributed by atoms with van der Waals surface area (Å²) in [5.41, 5.74) is 3.01. The van der Waals surface area contributed by atoms with Gasteiger partial charge in [-0.1, -0.05) is 11.6 Å². The maximum absolute atomic E-state index is 13.1. The highest BCUT2D eigenvalue weighted by molar-refractivity contribution is 6.31. The molecule has 1 N–H and O–H groups in total. The molecule has 1 saturated heterocycles. The maximum Gasteiger partial charge on any atom is 0.257 e. The number of ether oxygens (including phenoxy) is 1. The normalized spacial score (nSPS) is 20.7. The van der Waals surface area contributed by atoms with E-state index in [4.69, 9.17) is 16.3 Å². The lowest BCUT2D eigenvalue weighted by Gasteiger charge is -2.44. The topological polar surface area (TPSA) is 61.5 Å². The van der Waals surface area contributed by atoms with E-state index in [9.17, 15) is 4.79 Å². The number of nitrogens with one attached hydrogen (secondary N) is 1. The molecule has 156 valence electrons. The Balaban J connectivity index is 1.50. The number of rotatable bonds is 4. The molecular weight excluding hydrogens is 388 g/mol. The summed E-state index contributed by atoms with van der Waals surface area (Å²) in [4.78, 5) is 25.6. The van der Waals surface area contributed by atoms with Gasteiger partial charge in [0, 0.05) is 42.8 Å². The van der Waals surface area contributed by atoms with Crippen LogP contribution in [-0.2, 0) is 6.42 Å². The Morgan fingerprint density at radius 3 is 2.72 bits per heavy atom. The van der Waals surface area contributed by atoms with Gasteiger partial charge in [-0.05, 0) is 50.8 Å². The molecule has 6 nitrogen and oxygen atoms in total. The van der Waals surface area contributed by atoms with Crippen molar-refractivity contribution in [2.24, 2.45) is 5.92 Å². The molecule has 3 heterocycles. The molecule has 2 aromatic rings. The van der Waals surface area contributed by atoms with E-state index in [-0.39, 0.29) is 5.91 Å². The van der Waals surface area contributed by atoms with Crippen LogP contribution in [0.1, 0.15) is 54.5 Å². The summed E-state index contributed by atoms with van der Waals surface area (Å²) >= 11 is 6.12. The van der Waals surface area contributed by atoms with Crippen LogP contribution in [0.4, 0.5) is 0 Å². The second-order valence-electron chi connectivity index (χ2n) is 8.27. The highest BCUT2D eigenvalue weighted by Crippen LogP contribution is 2.40. The molecule has 0 saturated carbocycles. The van der Waals surface area contributed by atoms with Crippen LogP contribution in [0.25, 0.3) is 0 Å². The zero-order valence-electron chi connectivity index (χ0n) is 17.3. The molecule has 0 aliphatic carbocycles. The number of halogens is 1. The van der Waals surface area contributed by atoms with E-state index in [2.05, 4.69) is 28.7 Å². The number of aromatic nitrogens is 2. The summed E-state index contributed by atoms with van der Waals surface area (Å²) in [5, 5.41) is 0.546. The molecule has 1 unspecified atom stereocenters. The number of hydrogen-bond acceptors (Lipinski definition) is 4. The fourth-order valence-electron chi connectivity index (χ4n) is 4.83. The van der Waals surface area contributed by atoms with Crippen molar-refractivity contribution in [1.29, 1.82) is 0 Å². The number of nitrogens with zero attached hydrogens (tertiary/aromatic N) is 3. The van der Waals surface area contributed by atoms with Crippen LogP contribution in [0, 0.1) is 5.92 Å². The molecule has 1 fully saturated rings. The van der Waals surface area contributed by atoms with Crippen LogP contribution in [0.3, 0.4) is 0 Å². The molecule has 1 atom stereocenters. The standard InChI is InChI=1S/C22H29ClN4O2/c1-14(2)27-11-8-18-20(25-13-24-18)21(27)15-6-9-26(10-7-15)22(28)17-12-16(23)4-5-19(17)29-3/h4-5,12-15,21H,6-11H2,1-3H3,(H,24,25). The van der Waals surface area contributed by atoms with E-state index in [1.54, 1.807) is 25.3 Å². The number of likely N-dealkylation sites (tertiary alicyclic amines) is 1. The lowest BCUT2D eigenvalue weighted by atomic mass is 9.83. The highest BCUT2D eigenvalue weighted by Gasteiger charge is 2.39. The Morgan fingerprint density at radius 2 is 2.03 bits per heavy atom. The highest BCUT2D eigenvalue weighted by atomic mass is 35.5. The molecule has 29 heavy (non-hydrogen) atoms. The second kappa shape index (κ2) is 8.36. The number of H-pyrrole nitrogens is 1. The number of piperidine rings is 1. The summed E-state index contributed by atoms with van der Waals surface area (Å²) in [7, 11) is 1.58. The first-order valence-corrected chi connectivity index (χ1v) is 10.8. The molecule has 0 radical (unpaired) electrons. The molecule has 1 aromatic heterocycles. The Kier molecular flexibility index (Phi) is 5.83. The molecule has 2 aliphatic heterocycles. The van der Waals surface area contributed by atoms with E-state index >= 15 is 0 Å². The summed E-state index contributed by atoms with van der Waals surface area (Å²) < 4.78 is 5.37. The minimum Gasteiger partial charge on any atom is -0.496 e. The van der Waals surface area contributed by atoms with Crippen molar-refractivity contribution in [2.45, 2.75) is 45.2 Å². The van der Waals surface area contributed by atoms with Crippen molar-refractivity contribution >= 4 is 17.5 Å². The fourth-order valence-corrected chi connectivity index (χ4v) is 5.01. The number of fused-ring (bicyclic) bond motifs is 1. The Labute approximate surface area is 177 Å². The predicted molar refractivity (Wildman–Crippen MR) is 114 cm³/mol. The van der Waals surface area contributed by atoms with Crippen molar-refractivity contribution < 1.29 is 9.53 Å². The van der Waals surface area contributed by atoms with Gasteiger partial charge in [-0.3, -0.25) is 9.69 Å². The molecular formula is C22H29ClN4O2. The smallest absolute Gasteiger partial charge is 0.257 e. The van der Waals surface area contributed by atoms with E-state index < -0.39 is 0 Å². The van der Waals surface area contributed by atoms with Gasteiger partial charge >= 0.3 is 0 Å². The molecule has 1 amide bonds. The van der Waals surface area contributed by atoms with Gasteiger partial charge < -0.3 is 14.6 Å². The number of carbonyl (C=O) groups excluding carboxylic acids is 1. The van der Waals surface area contributed by atoms with Crippen molar-refractivity contribution in [3.8, 4) is 5.75 Å². The Bertz CT molecular complexity index is 873. The zero-order valence-corrected chi connectivity index (χ0v) is 18.1. The molecule has 0 spiro atoms. The quantitative estimate of drug-likeness (QED) is 0.820. The maximum atomic E-state index is 13.1. The largest absolute Gasteiger partial charge is 0.496 e. The molecule has 2 aliphatic rings. The first-order valence-electron chi connectivity index (χ1n) is 10.4. The molecule has 1 aromatic carbocycles. The van der Waals surface area contributed by atoms with Gasteiger partial charge in [0.05, 0.1) is 30.7 Å². The fraction of sp³-hybridized carbons (Fsp3) is 0.545. The monoisotopic (exact) mass is 416 g/mol. The van der Waals surface area contributed by atoms with Crippen LogP contribution in [0.15, 0.2) is 24.5 Å². The number of methoxy groups -OCH3 is 1. The van der Waals surface area contributed by atoms with Crippen LogP contribution in [0.2, 0.25) is 5.02 Å². The van der Waals surface area contributed by atoms with Gasteiger partial charge in [-0.2, -0.15) is 0 Å². The van der Waals surface area contributed by atoms with E-state index in [1.165, 1.54) is 11.4 Å². The molecule has 0 bridgehead atoms. The summed E-state index contributed by atoms with van der Waals surface area (Å²) in [6, 6.07) is 5.99. The lowest BCUT2D eigenvalue weighted by Crippen LogP contribution is -2.47. The van der Waals surface area contributed by atoms with E-state index in [0.29, 0.717) is 34.3 Å². The van der Waals surface area contributed by atoms with Crippen LogP contribution in [0.5, 0.6) is 5.75 Å². The third-order valence-electron chi connectivity index (χ3n) is 6.34. The zero-order chi connectivity index (χ0) is 20.5. The van der Waals surface area contributed by atoms with Crippen LogP contribution < -0.4 is 4.74 Å². The number of aromatic amines is 1. The first kappa shape index (κ1) is 20.2. The van der Waals surface area contributed by atoms with Crippen molar-refractivity contribution in [3.63, 3.8) is 0 Å². The van der Waals surface area contributed by atoms with Crippen LogP contribution >= 0.6 is 11.6 Å². The molecule has 7 heteroatoms. The summed E-state index contributed by atoms with van der Waals surface area (Å²) in [6.45, 7) is 7.04. The third-order valence-corrected chi connectivity index (χ3v) is 6.57. The number of amides is 1. The first-order chi connectivity index (χ1) is 14.0. The number of imidazole rings is 1. The minimum absolute atomic E-state index is 0.00683. The number of benzene rings is 1. The predicted octanol–water partition coefficient (Wildman–Crippen LogP) is 3.93. The average Bonchev–Trinajstić information content (AvgIpc) is 3.21. The Morgan fingerprint density at radius 1 is 1.28 bits per heavy atom. The summed E-state index contributed by atoms with van der Waals surface area (Å²) in [6.07, 6.45) is 4.78. The lowest BCUT2D eigenvalue weighted by molar-refractivity contribution is 0.0455. The number of carbonyl (C=O) groups is 1. The number of hydrogen-bond donors (Lipinski definition) is 1. The van der Waals surface area contributed by atoms with Gasteiger partial charge in [0.25, 0.3) is 5.91 Å². The Hall–Kier alpha value is -2.05. The third kappa shape index (κ3) is 3.88. The van der Waals surface area contributed by atoms with Crippen molar-refractivity contribution in [1.82, 2.24) is 19.8 Å². The summed E-state index contributed by atoms with van der Waals surface area (Å²) in [5.74, 6) is 1.05. The van der Waals surface area contributed by atoms with Crippen molar-refractivity contribution in [2.75, 3.05) is 26.7 Å². The van der Waals surface area contributed by atoms with Crippen molar-refractivity contribution in [3.05, 3.63) is 46.5 Å². The second-order valence-corrected chi connectivity index (χ2v) is 8.70.